The minimum Gasteiger partial charge on any atom is -0.459 e. The van der Waals surface area contributed by atoms with Gasteiger partial charge in [-0.15, -0.1) is 0 Å². The molecule has 7 heteroatoms. The van der Waals surface area contributed by atoms with Crippen LogP contribution in [0.1, 0.15) is 81.1 Å². The van der Waals surface area contributed by atoms with Crippen molar-refractivity contribution >= 4 is 11.7 Å². The van der Waals surface area contributed by atoms with Crippen molar-refractivity contribution in [1.82, 2.24) is 0 Å². The fourth-order valence-electron chi connectivity index (χ4n) is 5.57. The van der Waals surface area contributed by atoms with Gasteiger partial charge in [0.2, 0.25) is 0 Å². The van der Waals surface area contributed by atoms with Gasteiger partial charge in [-0.3, -0.25) is 9.79 Å². The van der Waals surface area contributed by atoms with Crippen LogP contribution in [0.2, 0.25) is 0 Å². The highest BCUT2D eigenvalue weighted by Gasteiger charge is 2.47. The van der Waals surface area contributed by atoms with Gasteiger partial charge in [0.15, 0.2) is 0 Å². The zero-order valence-corrected chi connectivity index (χ0v) is 22.6. The van der Waals surface area contributed by atoms with Crippen molar-refractivity contribution in [3.05, 3.63) is 0 Å². The van der Waals surface area contributed by atoms with Crippen LogP contribution in [0, 0.1) is 23.7 Å². The molecule has 0 radical (unpaired) electrons. The van der Waals surface area contributed by atoms with Gasteiger partial charge in [-0.1, -0.05) is 34.6 Å². The summed E-state index contributed by atoms with van der Waals surface area (Å²) < 4.78 is 17.5. The van der Waals surface area contributed by atoms with E-state index >= 15 is 0 Å². The minimum absolute atomic E-state index is 0.0253. The molecule has 0 aliphatic carbocycles. The molecule has 0 aromatic carbocycles. The number of rotatable bonds is 5. The lowest BCUT2D eigenvalue weighted by molar-refractivity contribution is -0.190. The van der Waals surface area contributed by atoms with Crippen LogP contribution >= 0.6 is 0 Å². The molecule has 0 aromatic rings. The first kappa shape index (κ1) is 30.0. The third-order valence-electron chi connectivity index (χ3n) is 7.53. The fourth-order valence-corrected chi connectivity index (χ4v) is 5.57. The number of aliphatic hydroxyl groups excluding tert-OH is 1. The molecular formula is C26H49NO6. The Kier molecular flexibility index (Phi) is 11.5. The molecule has 0 saturated carbocycles. The lowest BCUT2D eigenvalue weighted by atomic mass is 9.74. The second kappa shape index (κ2) is 12.6. The molecule has 1 fully saturated rings. The number of aliphatic imine (C=N–C) groups is 1. The predicted octanol–water partition coefficient (Wildman–Crippen LogP) is 4.03. The molecule has 33 heavy (non-hydrogen) atoms. The Morgan fingerprint density at radius 3 is 2.18 bits per heavy atom. The molecule has 0 spiro atoms. The zero-order valence-electron chi connectivity index (χ0n) is 22.6. The molecule has 1 saturated heterocycles. The van der Waals surface area contributed by atoms with Crippen LogP contribution in [-0.2, 0) is 19.0 Å². The van der Waals surface area contributed by atoms with Crippen LogP contribution in [-0.4, -0.2) is 72.2 Å². The Labute approximate surface area is 201 Å². The molecule has 0 aromatic heterocycles. The summed E-state index contributed by atoms with van der Waals surface area (Å²) >= 11 is 0. The van der Waals surface area contributed by atoms with E-state index in [1.165, 1.54) is 0 Å². The Morgan fingerprint density at radius 2 is 1.70 bits per heavy atom. The maximum atomic E-state index is 13.1. The number of nitrogens with zero attached hydrogens (tertiary/aromatic N) is 1. The average Bonchev–Trinajstić information content (AvgIpc) is 2.76. The molecule has 194 valence electrons. The Bertz CT molecular complexity index is 651. The minimum atomic E-state index is -1.64. The smallest absolute Gasteiger partial charge is 0.311 e. The molecule has 1 heterocycles. The molecule has 0 amide bonds. The summed E-state index contributed by atoms with van der Waals surface area (Å²) in [5.41, 5.74) is -1.26. The topological polar surface area (TPSA) is 97.6 Å². The summed E-state index contributed by atoms with van der Waals surface area (Å²) in [7, 11) is 3.31. The van der Waals surface area contributed by atoms with E-state index in [4.69, 9.17) is 19.2 Å². The van der Waals surface area contributed by atoms with Crippen LogP contribution in [0.15, 0.2) is 4.99 Å². The standard InChI is InChI=1S/C26H49NO6/c1-11-13-27-21-16(3)14-25(7,32-10)15-17(4)22(31-9)19(6)24(29)33-20(12-2)26(8,30)23(28)18(21)5/h16-20,22-23,28,30H,11-15H2,1-10H3/t16-,17-,18?,19?,20-,22+,23?,25-,26-/m1/s1. The highest BCUT2D eigenvalue weighted by molar-refractivity contribution is 5.89. The van der Waals surface area contributed by atoms with Crippen LogP contribution in [0.25, 0.3) is 0 Å². The van der Waals surface area contributed by atoms with Crippen LogP contribution in [0.4, 0.5) is 0 Å². The van der Waals surface area contributed by atoms with Crippen LogP contribution in [0.5, 0.6) is 0 Å². The first-order chi connectivity index (χ1) is 15.3. The van der Waals surface area contributed by atoms with Gasteiger partial charge in [-0.2, -0.15) is 0 Å². The Balaban J connectivity index is 3.58. The van der Waals surface area contributed by atoms with E-state index < -0.39 is 41.2 Å². The number of cyclic esters (lactones) is 1. The Morgan fingerprint density at radius 1 is 1.09 bits per heavy atom. The van der Waals surface area contributed by atoms with E-state index in [9.17, 15) is 15.0 Å². The van der Waals surface area contributed by atoms with E-state index in [2.05, 4.69) is 27.7 Å². The summed E-state index contributed by atoms with van der Waals surface area (Å²) in [6, 6.07) is 0. The monoisotopic (exact) mass is 471 g/mol. The molecule has 1 aliphatic heterocycles. The van der Waals surface area contributed by atoms with Gasteiger partial charge >= 0.3 is 5.97 Å². The van der Waals surface area contributed by atoms with E-state index in [1.54, 1.807) is 28.1 Å². The molecular weight excluding hydrogens is 422 g/mol. The SMILES string of the molecule is CCCN=C1C(C)C(O)[C@](C)(O)[C@@H](CC)OC(=O)C(C)[C@@H](OC)[C@H](C)C[C@](C)(OC)C[C@H]1C. The number of carbonyl (C=O) groups is 1. The van der Waals surface area contributed by atoms with Gasteiger partial charge in [0.05, 0.1) is 23.7 Å². The number of hydrogen-bond donors (Lipinski definition) is 2. The third kappa shape index (κ3) is 7.23. The molecule has 9 atom stereocenters. The van der Waals surface area contributed by atoms with Crippen molar-refractivity contribution < 1.29 is 29.2 Å². The maximum absolute atomic E-state index is 13.1. The van der Waals surface area contributed by atoms with E-state index in [0.29, 0.717) is 25.8 Å². The Hall–Kier alpha value is -1.02. The maximum Gasteiger partial charge on any atom is 0.311 e. The van der Waals surface area contributed by atoms with Crippen molar-refractivity contribution in [2.45, 2.75) is 111 Å². The normalized spacial score (nSPS) is 43.2. The van der Waals surface area contributed by atoms with Gasteiger partial charge in [0.25, 0.3) is 0 Å². The first-order valence-corrected chi connectivity index (χ1v) is 12.5. The lowest BCUT2D eigenvalue weighted by Gasteiger charge is -2.42. The van der Waals surface area contributed by atoms with Crippen molar-refractivity contribution in [3.8, 4) is 0 Å². The zero-order chi connectivity index (χ0) is 25.6. The number of aliphatic hydroxyl groups is 2. The van der Waals surface area contributed by atoms with Crippen LogP contribution < -0.4 is 0 Å². The summed E-state index contributed by atoms with van der Waals surface area (Å²) in [5, 5.41) is 22.7. The second-order valence-corrected chi connectivity index (χ2v) is 10.5. The number of ether oxygens (including phenoxy) is 3. The van der Waals surface area contributed by atoms with Gasteiger partial charge in [-0.25, -0.2) is 0 Å². The summed E-state index contributed by atoms with van der Waals surface area (Å²) in [6.45, 7) is 16.0. The number of esters is 1. The third-order valence-corrected chi connectivity index (χ3v) is 7.53. The van der Waals surface area contributed by atoms with Gasteiger partial charge in [0.1, 0.15) is 11.7 Å². The molecule has 2 N–H and O–H groups in total. The van der Waals surface area contributed by atoms with Crippen molar-refractivity contribution in [2.24, 2.45) is 28.7 Å². The van der Waals surface area contributed by atoms with Gasteiger partial charge < -0.3 is 24.4 Å². The molecule has 1 aliphatic rings. The molecule has 3 unspecified atom stereocenters. The highest BCUT2D eigenvalue weighted by atomic mass is 16.6. The lowest BCUT2D eigenvalue weighted by Crippen LogP contribution is -2.56. The van der Waals surface area contributed by atoms with E-state index in [-0.39, 0.29) is 17.9 Å². The summed E-state index contributed by atoms with van der Waals surface area (Å²) in [6.07, 6.45) is 0.270. The fraction of sp³-hybridized carbons (Fsp3) is 0.923. The van der Waals surface area contributed by atoms with Gasteiger partial charge in [0, 0.05) is 32.4 Å². The number of hydrogen-bond acceptors (Lipinski definition) is 7. The molecule has 1 rings (SSSR count). The average molecular weight is 472 g/mol. The number of carbonyl (C=O) groups excluding carboxylic acids is 1. The van der Waals surface area contributed by atoms with E-state index in [0.717, 1.165) is 12.1 Å². The van der Waals surface area contributed by atoms with Crippen LogP contribution in [0.3, 0.4) is 0 Å². The van der Waals surface area contributed by atoms with Gasteiger partial charge in [-0.05, 0) is 58.3 Å². The quantitative estimate of drug-likeness (QED) is 0.588. The van der Waals surface area contributed by atoms with E-state index in [1.807, 2.05) is 13.8 Å². The molecule has 7 nitrogen and oxygen atoms in total. The molecule has 0 bridgehead atoms. The van der Waals surface area contributed by atoms with Crippen molar-refractivity contribution in [1.29, 1.82) is 0 Å². The largest absolute Gasteiger partial charge is 0.459 e. The second-order valence-electron chi connectivity index (χ2n) is 10.5. The first-order valence-electron chi connectivity index (χ1n) is 12.5. The summed E-state index contributed by atoms with van der Waals surface area (Å²) in [5.74, 6) is -1.34. The van der Waals surface area contributed by atoms with Crippen molar-refractivity contribution in [3.63, 3.8) is 0 Å². The number of methoxy groups -OCH3 is 2. The van der Waals surface area contributed by atoms with Crippen molar-refractivity contribution in [2.75, 3.05) is 20.8 Å². The predicted molar refractivity (Wildman–Crippen MR) is 131 cm³/mol. The highest BCUT2D eigenvalue weighted by Crippen LogP contribution is 2.36. The summed E-state index contributed by atoms with van der Waals surface area (Å²) in [4.78, 5) is 17.9.